The van der Waals surface area contributed by atoms with Crippen LogP contribution in [0.25, 0.3) is 0 Å². The van der Waals surface area contributed by atoms with Gasteiger partial charge in [-0.1, -0.05) is 24.3 Å². The Hall–Kier alpha value is -0.875. The lowest BCUT2D eigenvalue weighted by Gasteiger charge is -2.37. The number of benzene rings is 1. The lowest BCUT2D eigenvalue weighted by molar-refractivity contribution is -0.0525. The predicted molar refractivity (Wildman–Crippen MR) is 71.6 cm³/mol. The van der Waals surface area contributed by atoms with Crippen molar-refractivity contribution in [3.05, 3.63) is 29.8 Å². The van der Waals surface area contributed by atoms with Crippen molar-refractivity contribution in [2.75, 3.05) is 13.2 Å². The van der Waals surface area contributed by atoms with Crippen molar-refractivity contribution in [2.45, 2.75) is 32.5 Å². The van der Waals surface area contributed by atoms with Crippen LogP contribution in [0.4, 0.5) is 0 Å². The average Bonchev–Trinajstić information content (AvgIpc) is 2.34. The van der Waals surface area contributed by atoms with Crippen molar-refractivity contribution in [3.8, 4) is 0 Å². The molecular formula is C13H20BNO3. The molecule has 98 valence electrons. The Morgan fingerprint density at radius 1 is 1.33 bits per heavy atom. The molecule has 1 aliphatic rings. The molecule has 1 heterocycles. The molecule has 0 bridgehead atoms. The molecule has 0 aromatic heterocycles. The molecule has 2 N–H and O–H groups in total. The molecular weight excluding hydrogens is 229 g/mol. The summed E-state index contributed by atoms with van der Waals surface area (Å²) in [5, 5.41) is 18.7. The van der Waals surface area contributed by atoms with Gasteiger partial charge in [0, 0.05) is 19.1 Å². The fraction of sp³-hybridized carbons (Fsp3) is 0.538. The lowest BCUT2D eigenvalue weighted by atomic mass is 9.77. The van der Waals surface area contributed by atoms with Gasteiger partial charge in [0.25, 0.3) is 0 Å². The van der Waals surface area contributed by atoms with Crippen molar-refractivity contribution in [3.63, 3.8) is 0 Å². The van der Waals surface area contributed by atoms with E-state index in [1.165, 1.54) is 0 Å². The van der Waals surface area contributed by atoms with Crippen molar-refractivity contribution >= 4 is 12.6 Å². The molecule has 0 radical (unpaired) electrons. The van der Waals surface area contributed by atoms with Crippen LogP contribution in [-0.2, 0) is 11.3 Å². The van der Waals surface area contributed by atoms with Gasteiger partial charge in [-0.05, 0) is 24.9 Å². The van der Waals surface area contributed by atoms with Gasteiger partial charge in [0.1, 0.15) is 0 Å². The molecule has 1 fully saturated rings. The van der Waals surface area contributed by atoms with Crippen molar-refractivity contribution < 1.29 is 14.8 Å². The van der Waals surface area contributed by atoms with Crippen LogP contribution in [0.2, 0.25) is 0 Å². The average molecular weight is 249 g/mol. The first-order valence-electron chi connectivity index (χ1n) is 6.37. The zero-order valence-corrected chi connectivity index (χ0v) is 10.9. The minimum atomic E-state index is -1.41. The van der Waals surface area contributed by atoms with E-state index in [1.807, 2.05) is 18.2 Å². The largest absolute Gasteiger partial charge is 0.488 e. The van der Waals surface area contributed by atoms with Crippen molar-refractivity contribution in [1.29, 1.82) is 0 Å². The number of ether oxygens (including phenoxy) is 1. The standard InChI is InChI=1S/C13H20BNO3/c1-10-9-18-11(2)7-15(10)8-12-5-3-4-6-13(12)14(16)17/h3-6,10-11,16-17H,7-9H2,1-2H3. The Bertz CT molecular complexity index is 400. The van der Waals surface area contributed by atoms with Crippen LogP contribution < -0.4 is 5.46 Å². The van der Waals surface area contributed by atoms with Crippen LogP contribution in [0.1, 0.15) is 19.4 Å². The summed E-state index contributed by atoms with van der Waals surface area (Å²) in [6.45, 7) is 6.51. The highest BCUT2D eigenvalue weighted by Crippen LogP contribution is 2.14. The van der Waals surface area contributed by atoms with Gasteiger partial charge in [-0.15, -0.1) is 0 Å². The highest BCUT2D eigenvalue weighted by Gasteiger charge is 2.25. The third-order valence-corrected chi connectivity index (χ3v) is 3.44. The fourth-order valence-corrected chi connectivity index (χ4v) is 2.34. The Morgan fingerprint density at radius 3 is 2.78 bits per heavy atom. The van der Waals surface area contributed by atoms with Gasteiger partial charge in [-0.3, -0.25) is 4.90 Å². The predicted octanol–water partition coefficient (Wildman–Crippen LogP) is -0.0244. The number of nitrogens with zero attached hydrogens (tertiary/aromatic N) is 1. The summed E-state index contributed by atoms with van der Waals surface area (Å²) in [6, 6.07) is 7.81. The van der Waals surface area contributed by atoms with Crippen LogP contribution in [0, 0.1) is 0 Å². The van der Waals surface area contributed by atoms with Crippen LogP contribution in [-0.4, -0.2) is 47.4 Å². The third-order valence-electron chi connectivity index (χ3n) is 3.44. The van der Waals surface area contributed by atoms with Gasteiger partial charge in [0.2, 0.25) is 0 Å². The molecule has 5 heteroatoms. The summed E-state index contributed by atoms with van der Waals surface area (Å²) < 4.78 is 5.60. The van der Waals surface area contributed by atoms with Crippen LogP contribution in [0.5, 0.6) is 0 Å². The molecule has 0 spiro atoms. The van der Waals surface area contributed by atoms with E-state index in [-0.39, 0.29) is 6.10 Å². The van der Waals surface area contributed by atoms with Crippen LogP contribution in [0.15, 0.2) is 24.3 Å². The van der Waals surface area contributed by atoms with E-state index >= 15 is 0 Å². The first kappa shape index (κ1) is 13.6. The highest BCUT2D eigenvalue weighted by molar-refractivity contribution is 6.59. The molecule has 2 rings (SSSR count). The Labute approximate surface area is 108 Å². The molecule has 1 aliphatic heterocycles. The SMILES string of the molecule is CC1CN(Cc2ccccc2B(O)O)C(C)CO1. The molecule has 0 aliphatic carbocycles. The Kier molecular flexibility index (Phi) is 4.40. The monoisotopic (exact) mass is 249 g/mol. The second-order valence-electron chi connectivity index (χ2n) is 4.99. The minimum Gasteiger partial charge on any atom is -0.423 e. The second kappa shape index (κ2) is 5.84. The summed E-state index contributed by atoms with van der Waals surface area (Å²) in [4.78, 5) is 2.31. The molecule has 2 unspecified atom stereocenters. The molecule has 1 saturated heterocycles. The van der Waals surface area contributed by atoms with Gasteiger partial charge >= 0.3 is 7.12 Å². The van der Waals surface area contributed by atoms with Crippen LogP contribution in [0.3, 0.4) is 0 Å². The summed E-state index contributed by atoms with van der Waals surface area (Å²) in [5.41, 5.74) is 1.55. The molecule has 18 heavy (non-hydrogen) atoms. The van der Waals surface area contributed by atoms with E-state index in [1.54, 1.807) is 6.07 Å². The Balaban J connectivity index is 2.13. The highest BCUT2D eigenvalue weighted by atomic mass is 16.5. The third kappa shape index (κ3) is 3.11. The van der Waals surface area contributed by atoms with E-state index in [0.29, 0.717) is 11.5 Å². The van der Waals surface area contributed by atoms with E-state index in [4.69, 9.17) is 4.74 Å². The first-order valence-corrected chi connectivity index (χ1v) is 6.37. The zero-order valence-electron chi connectivity index (χ0n) is 10.9. The van der Waals surface area contributed by atoms with Crippen LogP contribution >= 0.6 is 0 Å². The molecule has 1 aromatic rings. The van der Waals surface area contributed by atoms with Crippen molar-refractivity contribution in [1.82, 2.24) is 4.90 Å². The number of morpholine rings is 1. The molecule has 0 saturated carbocycles. The second-order valence-corrected chi connectivity index (χ2v) is 4.99. The van der Waals surface area contributed by atoms with E-state index in [9.17, 15) is 10.0 Å². The number of hydrogen-bond donors (Lipinski definition) is 2. The van der Waals surface area contributed by atoms with Gasteiger partial charge in [-0.25, -0.2) is 0 Å². The van der Waals surface area contributed by atoms with E-state index in [0.717, 1.165) is 25.3 Å². The smallest absolute Gasteiger partial charge is 0.423 e. The van der Waals surface area contributed by atoms with Gasteiger partial charge < -0.3 is 14.8 Å². The molecule has 4 nitrogen and oxygen atoms in total. The maximum Gasteiger partial charge on any atom is 0.488 e. The van der Waals surface area contributed by atoms with E-state index in [2.05, 4.69) is 18.7 Å². The Morgan fingerprint density at radius 2 is 2.06 bits per heavy atom. The lowest BCUT2D eigenvalue weighted by Crippen LogP contribution is -2.48. The number of rotatable bonds is 3. The van der Waals surface area contributed by atoms with E-state index < -0.39 is 7.12 Å². The first-order chi connectivity index (χ1) is 8.58. The quantitative estimate of drug-likeness (QED) is 0.739. The summed E-state index contributed by atoms with van der Waals surface area (Å²) in [6.07, 6.45) is 0.229. The molecule has 0 amide bonds. The molecule has 1 aromatic carbocycles. The fourth-order valence-electron chi connectivity index (χ4n) is 2.34. The van der Waals surface area contributed by atoms with Gasteiger partial charge in [-0.2, -0.15) is 0 Å². The minimum absolute atomic E-state index is 0.229. The molecule has 2 atom stereocenters. The van der Waals surface area contributed by atoms with Gasteiger partial charge in [0.15, 0.2) is 0 Å². The normalized spacial score (nSPS) is 25.1. The van der Waals surface area contributed by atoms with Gasteiger partial charge in [0.05, 0.1) is 12.7 Å². The number of hydrogen-bond acceptors (Lipinski definition) is 4. The summed E-state index contributed by atoms with van der Waals surface area (Å²) >= 11 is 0. The maximum absolute atomic E-state index is 9.36. The van der Waals surface area contributed by atoms with Crippen molar-refractivity contribution in [2.24, 2.45) is 0 Å². The topological polar surface area (TPSA) is 52.9 Å². The summed E-state index contributed by atoms with van der Waals surface area (Å²) in [5.74, 6) is 0. The maximum atomic E-state index is 9.36. The zero-order chi connectivity index (χ0) is 13.1. The summed E-state index contributed by atoms with van der Waals surface area (Å²) in [7, 11) is -1.41.